The number of carboxylic acid groups (broad SMARTS) is 2. The van der Waals surface area contributed by atoms with Gasteiger partial charge in [0.15, 0.2) is 7.37 Å². The number of fused-ring (bicyclic) bond motifs is 1. The largest absolute Gasteiger partial charge is 0.480 e. The van der Waals surface area contributed by atoms with Crippen LogP contribution in [-0.2, 0) is 48.8 Å². The van der Waals surface area contributed by atoms with Gasteiger partial charge in [0.2, 0.25) is 23.7 Å². The molecule has 0 aliphatic carbocycles. The number of alkyl halides is 7. The number of carbonyl (C=O) groups excluding carboxylic acids is 2. The Morgan fingerprint density at radius 3 is 1.92 bits per heavy atom. The lowest BCUT2D eigenvalue weighted by atomic mass is 10.1. The number of carbonyl (C=O) groups is 4. The minimum atomic E-state index is -4.71. The molecule has 494 valence electrons. The molecule has 2 atom stereocenters. The summed E-state index contributed by atoms with van der Waals surface area (Å²) >= 11 is 12.3. The van der Waals surface area contributed by atoms with Gasteiger partial charge < -0.3 is 39.8 Å². The number of terminal acetylenes is 1. The van der Waals surface area contributed by atoms with Crippen LogP contribution >= 0.6 is 30.6 Å². The van der Waals surface area contributed by atoms with Crippen molar-refractivity contribution in [2.75, 3.05) is 37.2 Å². The molecule has 1 aliphatic heterocycles. The molecular formula is C49H51Cl2F7N13O17PS2. The number of nitrogens with one attached hydrogen (secondary N) is 4. The number of aryl methyl sites for hydroxylation is 3. The second-order valence-electron chi connectivity index (χ2n) is 17.9. The van der Waals surface area contributed by atoms with Gasteiger partial charge >= 0.3 is 55.1 Å². The van der Waals surface area contributed by atoms with E-state index in [0.717, 1.165) is 43.3 Å². The number of hydrogen-bond acceptors (Lipinski definition) is 21. The van der Waals surface area contributed by atoms with E-state index < -0.39 is 123 Å². The Labute approximate surface area is 520 Å². The van der Waals surface area contributed by atoms with Crippen LogP contribution in [0.3, 0.4) is 0 Å². The molecule has 7 rings (SSSR count). The van der Waals surface area contributed by atoms with E-state index in [-0.39, 0.29) is 48.2 Å². The van der Waals surface area contributed by atoms with Crippen molar-refractivity contribution in [2.24, 2.45) is 5.73 Å². The Kier molecular flexibility index (Phi) is 27.2. The molecule has 0 fully saturated rings. The van der Waals surface area contributed by atoms with Crippen LogP contribution < -0.4 is 50.4 Å². The van der Waals surface area contributed by atoms with Crippen LogP contribution in [0.1, 0.15) is 53.3 Å². The number of ether oxygens (including phenoxy) is 4. The van der Waals surface area contributed by atoms with Gasteiger partial charge in [0.05, 0.1) is 39.4 Å². The first kappa shape index (κ1) is 74.5. The van der Waals surface area contributed by atoms with Gasteiger partial charge in [-0.3, -0.25) is 24.6 Å². The van der Waals surface area contributed by atoms with Crippen LogP contribution in [0.2, 0.25) is 10.0 Å². The number of rotatable bonds is 21. The van der Waals surface area contributed by atoms with E-state index in [2.05, 4.69) is 50.7 Å². The number of nitrogens with zero attached hydrogens (tertiary/aromatic N) is 8. The molecule has 0 saturated heterocycles. The topological polar surface area (TPSA) is 430 Å². The fourth-order valence-electron chi connectivity index (χ4n) is 7.07. The Morgan fingerprint density at radius 2 is 1.40 bits per heavy atom. The van der Waals surface area contributed by atoms with E-state index in [4.69, 9.17) is 59.9 Å². The molecule has 0 radical (unpaired) electrons. The molecule has 9 N–H and O–H groups in total. The fraction of sp³-hybridized carbons (Fsp3) is 0.327. The number of amides is 4. The molecule has 0 bridgehead atoms. The number of aromatic nitrogens is 8. The third-order valence-corrected chi connectivity index (χ3v) is 15.5. The fourth-order valence-corrected chi connectivity index (χ4v) is 10.6. The quantitative estimate of drug-likeness (QED) is 0.0218. The molecule has 6 aromatic rings. The highest BCUT2D eigenvalue weighted by atomic mass is 35.5. The number of methoxy groups -OCH3 is 1. The summed E-state index contributed by atoms with van der Waals surface area (Å²) < 4.78 is 171. The van der Waals surface area contributed by atoms with Gasteiger partial charge in [-0.15, -0.1) is 11.5 Å². The van der Waals surface area contributed by atoms with Crippen LogP contribution in [0.5, 0.6) is 23.5 Å². The van der Waals surface area contributed by atoms with Crippen molar-refractivity contribution in [3.8, 4) is 41.6 Å². The zero-order chi connectivity index (χ0) is 68.2. The molecule has 0 saturated carbocycles. The highest BCUT2D eigenvalue weighted by Crippen LogP contribution is 2.36. The Hall–Kier alpha value is -8.93. The number of aromatic carboxylic acids is 1. The lowest BCUT2D eigenvalue weighted by Crippen LogP contribution is -2.35. The number of carboxylic acids is 2. The van der Waals surface area contributed by atoms with E-state index in [1.807, 2.05) is 0 Å². The summed E-state index contributed by atoms with van der Waals surface area (Å²) in [7, 11) is -11.0. The molecule has 91 heavy (non-hydrogen) atoms. The van der Waals surface area contributed by atoms with Gasteiger partial charge in [-0.2, -0.15) is 60.3 Å². The zero-order valence-electron chi connectivity index (χ0n) is 46.9. The molecule has 30 nitrogen and oxygen atoms in total. The summed E-state index contributed by atoms with van der Waals surface area (Å²) in [4.78, 5) is 83.1. The maximum Gasteiger partial charge on any atom is 0.389 e. The van der Waals surface area contributed by atoms with E-state index in [0.29, 0.717) is 34.1 Å². The minimum absolute atomic E-state index is 0.0412. The number of benzene rings is 3. The summed E-state index contributed by atoms with van der Waals surface area (Å²) in [5.41, 5.74) is 4.60. The van der Waals surface area contributed by atoms with E-state index in [1.54, 1.807) is 20.7 Å². The summed E-state index contributed by atoms with van der Waals surface area (Å²) in [5, 5.41) is 26.2. The lowest BCUT2D eigenvalue weighted by Gasteiger charge is -2.13. The number of hydrogen-bond donors (Lipinski definition) is 8. The minimum Gasteiger partial charge on any atom is -0.480 e. The monoisotopic (exact) mass is 1390 g/mol. The van der Waals surface area contributed by atoms with Crippen molar-refractivity contribution in [1.82, 2.24) is 48.7 Å². The third-order valence-electron chi connectivity index (χ3n) is 10.9. The zero-order valence-corrected chi connectivity index (χ0v) is 50.9. The van der Waals surface area contributed by atoms with Gasteiger partial charge in [0.25, 0.3) is 20.0 Å². The number of halogens is 9. The molecule has 4 heterocycles. The van der Waals surface area contributed by atoms with Gasteiger partial charge in [-0.1, -0.05) is 59.5 Å². The first-order chi connectivity index (χ1) is 42.4. The number of urea groups is 2. The molecule has 1 aliphatic rings. The Morgan fingerprint density at radius 1 is 0.835 bits per heavy atom. The van der Waals surface area contributed by atoms with Crippen molar-refractivity contribution in [1.29, 1.82) is 0 Å². The van der Waals surface area contributed by atoms with Crippen molar-refractivity contribution in [3.63, 3.8) is 0 Å². The smallest absolute Gasteiger partial charge is 0.389 e. The van der Waals surface area contributed by atoms with Crippen LogP contribution in [0.25, 0.3) is 5.69 Å². The van der Waals surface area contributed by atoms with Gasteiger partial charge in [0, 0.05) is 38.3 Å². The first-order valence-electron chi connectivity index (χ1n) is 25.1. The van der Waals surface area contributed by atoms with Crippen LogP contribution in [0, 0.1) is 19.3 Å². The number of nitrogens with two attached hydrogens (primary N) is 1. The maximum atomic E-state index is 12.5. The van der Waals surface area contributed by atoms with Crippen LogP contribution in [-0.4, -0.2) is 147 Å². The maximum absolute atomic E-state index is 12.5. The number of aliphatic carboxylic acids is 1. The molecule has 3 aromatic heterocycles. The predicted octanol–water partition coefficient (Wildman–Crippen LogP) is 6.46. The average Bonchev–Trinajstić information content (AvgIpc) is 2.01. The van der Waals surface area contributed by atoms with E-state index in [9.17, 15) is 76.1 Å². The predicted molar refractivity (Wildman–Crippen MR) is 305 cm³/mol. The summed E-state index contributed by atoms with van der Waals surface area (Å²) in [5.74, 6) is -2.14. The summed E-state index contributed by atoms with van der Waals surface area (Å²) in [6, 6.07) is 9.11. The van der Waals surface area contributed by atoms with Gasteiger partial charge in [0.1, 0.15) is 34.9 Å². The Balaban J connectivity index is 0.000000271. The van der Waals surface area contributed by atoms with Gasteiger partial charge in [-0.25, -0.2) is 45.5 Å². The van der Waals surface area contributed by atoms with E-state index >= 15 is 0 Å². The van der Waals surface area contributed by atoms with Crippen molar-refractivity contribution in [3.05, 3.63) is 110 Å². The highest BCUT2D eigenvalue weighted by molar-refractivity contribution is 7.90. The van der Waals surface area contributed by atoms with Crippen LogP contribution in [0.4, 0.5) is 52.2 Å². The molecule has 3 aromatic carbocycles. The number of anilines is 2. The summed E-state index contributed by atoms with van der Waals surface area (Å²) in [6.45, 7) is -3.37. The molecular weight excluding hydrogens is 1340 g/mol. The molecule has 0 spiro atoms. The summed E-state index contributed by atoms with van der Waals surface area (Å²) in [6.07, 6.45) is 1.78. The standard InChI is InChI=1S/C15H13Cl2N3O2.C15H16F3N5O4S.C14H10F4N4O7S.C5H12NO4P/c1-2-7-22-13-9-12(10(16)8-11(13)17)20-15(21)19-6-4-3-5-14(19)18-20;1-9-19-12(22-14(20-9)27-2)21-13(24)23-28(25,26)11-6-4-3-5-10(11)7-8-15(16,17)18;15-11(16)28-8-5-9(29-12(17)18)20-13(19-8)21-14(25)22-30(26,27)7-4-2-1-3-6(7)10(23)24;1-11(9,10)3-2-4(6)5(7)8/h1,8-9H,3-7H2;3-6H,7-8H2,1-2H3,(H2,19,20,21,22,23,24);1-5,11-12H,(H,23,24)(H2,19,20,21,22,25);4H,2-3,6H2,1H3,(H,7,8)(H,9,10). The second-order valence-corrected chi connectivity index (χ2v) is 24.6. The number of sulfonamides is 2. The van der Waals surface area contributed by atoms with Crippen molar-refractivity contribution < 1.29 is 105 Å². The Bertz CT molecular complexity index is 3950. The highest BCUT2D eigenvalue weighted by Gasteiger charge is 2.30. The average molecular weight is 1390 g/mol. The van der Waals surface area contributed by atoms with Crippen LogP contribution in [0.15, 0.2) is 81.3 Å². The molecule has 2 unspecified atom stereocenters. The third kappa shape index (κ3) is 24.4. The second kappa shape index (κ2) is 33.2. The lowest BCUT2D eigenvalue weighted by molar-refractivity contribution is -0.138. The molecule has 4 amide bonds. The van der Waals surface area contributed by atoms with E-state index in [1.165, 1.54) is 66.5 Å². The van der Waals surface area contributed by atoms with Crippen molar-refractivity contribution >= 4 is 86.5 Å². The molecule has 42 heteroatoms. The SMILES string of the molecule is C#CCOc1cc(-n2nc3n(c2=O)CCCC3)c(Cl)cc1Cl.COc1nc(C)nc(NC(=O)NS(=O)(=O)c2ccccc2CCC(F)(F)F)n1.CP(=O)(O)CCC(N)C(=O)O.O=C(Nc1nc(OC(F)F)cc(OC(F)F)n1)NS(=O)(=O)c1ccccc1C(=O)O. The first-order valence-corrected chi connectivity index (χ1v) is 31.2. The normalized spacial score (nSPS) is 12.9. The van der Waals surface area contributed by atoms with Crippen molar-refractivity contribution in [2.45, 2.75) is 87.2 Å². The van der Waals surface area contributed by atoms with Gasteiger partial charge in [-0.05, 0) is 62.4 Å².